The van der Waals surface area contributed by atoms with Crippen LogP contribution in [-0.4, -0.2) is 45.6 Å². The van der Waals surface area contributed by atoms with Crippen molar-refractivity contribution in [3.05, 3.63) is 30.1 Å². The van der Waals surface area contributed by atoms with Crippen molar-refractivity contribution in [2.75, 3.05) is 6.54 Å². The van der Waals surface area contributed by atoms with Gasteiger partial charge < -0.3 is 15.3 Å². The van der Waals surface area contributed by atoms with E-state index in [-0.39, 0.29) is 11.9 Å². The maximum Gasteiger partial charge on any atom is 0.240 e. The number of aliphatic hydroxyl groups excluding tert-OH is 1. The lowest BCUT2D eigenvalue weighted by Crippen LogP contribution is -2.44. The van der Waals surface area contributed by atoms with E-state index in [2.05, 4.69) is 10.3 Å². The number of rotatable bonds is 4. The summed E-state index contributed by atoms with van der Waals surface area (Å²) in [6.45, 7) is 1.16. The summed E-state index contributed by atoms with van der Waals surface area (Å²) in [5.41, 5.74) is 1.11. The minimum atomic E-state index is -0.393. The van der Waals surface area contributed by atoms with Gasteiger partial charge in [0.1, 0.15) is 0 Å². The molecule has 1 amide bonds. The molecule has 2 heterocycles. The van der Waals surface area contributed by atoms with E-state index in [0.717, 1.165) is 18.4 Å². The van der Waals surface area contributed by atoms with Crippen LogP contribution in [0.15, 0.2) is 24.5 Å². The highest BCUT2D eigenvalue weighted by Gasteiger charge is 2.38. The highest BCUT2D eigenvalue weighted by atomic mass is 16.3. The monoisotopic (exact) mass is 261 g/mol. The van der Waals surface area contributed by atoms with Crippen LogP contribution in [0.3, 0.4) is 0 Å². The Labute approximate surface area is 112 Å². The molecule has 0 spiro atoms. The summed E-state index contributed by atoms with van der Waals surface area (Å²) < 4.78 is 0. The van der Waals surface area contributed by atoms with Gasteiger partial charge in [0, 0.05) is 31.5 Å². The van der Waals surface area contributed by atoms with Crippen LogP contribution < -0.4 is 5.32 Å². The summed E-state index contributed by atoms with van der Waals surface area (Å²) in [4.78, 5) is 18.5. The summed E-state index contributed by atoms with van der Waals surface area (Å²) in [6, 6.07) is 4.04. The molecule has 2 aliphatic rings. The van der Waals surface area contributed by atoms with Gasteiger partial charge in [-0.1, -0.05) is 0 Å². The van der Waals surface area contributed by atoms with Gasteiger partial charge in [-0.15, -0.1) is 0 Å². The van der Waals surface area contributed by atoms with E-state index >= 15 is 0 Å². The molecule has 102 valence electrons. The fourth-order valence-corrected chi connectivity index (χ4v) is 2.56. The van der Waals surface area contributed by atoms with E-state index in [1.807, 2.05) is 17.0 Å². The van der Waals surface area contributed by atoms with E-state index in [1.165, 1.54) is 0 Å². The fourth-order valence-electron chi connectivity index (χ4n) is 2.56. The second-order valence-corrected chi connectivity index (χ2v) is 5.40. The standard InChI is InChI=1S/C14H19N3O2/c18-12-7-13(16-8-12)14(19)17(11-1-2-11)9-10-3-5-15-6-4-10/h3-6,11-13,16,18H,1-2,7-9H2. The van der Waals surface area contributed by atoms with Crippen LogP contribution in [0.1, 0.15) is 24.8 Å². The number of hydrogen-bond acceptors (Lipinski definition) is 4. The van der Waals surface area contributed by atoms with Crippen LogP contribution in [0.4, 0.5) is 0 Å². The Morgan fingerprint density at radius 3 is 2.74 bits per heavy atom. The predicted octanol–water partition coefficient (Wildman–Crippen LogP) is 0.295. The summed E-state index contributed by atoms with van der Waals surface area (Å²) in [6.07, 6.45) is 5.82. The minimum Gasteiger partial charge on any atom is -0.392 e. The van der Waals surface area contributed by atoms with Crippen molar-refractivity contribution in [2.24, 2.45) is 0 Å². The van der Waals surface area contributed by atoms with Gasteiger partial charge in [0.25, 0.3) is 0 Å². The lowest BCUT2D eigenvalue weighted by atomic mass is 10.1. The molecule has 1 aliphatic carbocycles. The third-order valence-corrected chi connectivity index (χ3v) is 3.78. The minimum absolute atomic E-state index is 0.121. The summed E-state index contributed by atoms with van der Waals surface area (Å²) >= 11 is 0. The zero-order chi connectivity index (χ0) is 13.2. The number of pyridine rings is 1. The molecule has 5 nitrogen and oxygen atoms in total. The fraction of sp³-hybridized carbons (Fsp3) is 0.571. The van der Waals surface area contributed by atoms with Gasteiger partial charge in [0.05, 0.1) is 12.1 Å². The van der Waals surface area contributed by atoms with Crippen LogP contribution in [-0.2, 0) is 11.3 Å². The number of nitrogens with zero attached hydrogens (tertiary/aromatic N) is 2. The number of carbonyl (C=O) groups is 1. The first-order chi connectivity index (χ1) is 9.24. The molecule has 1 saturated carbocycles. The molecule has 2 N–H and O–H groups in total. The Morgan fingerprint density at radius 2 is 2.16 bits per heavy atom. The molecule has 2 unspecified atom stereocenters. The van der Waals surface area contributed by atoms with E-state index in [1.54, 1.807) is 12.4 Å². The average molecular weight is 261 g/mol. The van der Waals surface area contributed by atoms with Gasteiger partial charge in [-0.2, -0.15) is 0 Å². The Bertz CT molecular complexity index is 447. The van der Waals surface area contributed by atoms with Gasteiger partial charge in [0.2, 0.25) is 5.91 Å². The van der Waals surface area contributed by atoms with Gasteiger partial charge in [0.15, 0.2) is 0 Å². The van der Waals surface area contributed by atoms with Crippen LogP contribution in [0.5, 0.6) is 0 Å². The van der Waals surface area contributed by atoms with E-state index in [0.29, 0.717) is 25.6 Å². The molecule has 3 rings (SSSR count). The highest BCUT2D eigenvalue weighted by molar-refractivity contribution is 5.83. The molecule has 1 saturated heterocycles. The van der Waals surface area contributed by atoms with E-state index < -0.39 is 6.10 Å². The van der Waals surface area contributed by atoms with Crippen molar-refractivity contribution in [2.45, 2.75) is 44.0 Å². The van der Waals surface area contributed by atoms with Crippen molar-refractivity contribution in [3.8, 4) is 0 Å². The Kier molecular flexibility index (Phi) is 3.48. The molecule has 1 aliphatic heterocycles. The smallest absolute Gasteiger partial charge is 0.240 e. The molecular weight excluding hydrogens is 242 g/mol. The SMILES string of the molecule is O=C(C1CC(O)CN1)N(Cc1ccncc1)C1CC1. The topological polar surface area (TPSA) is 65.5 Å². The average Bonchev–Trinajstić information content (AvgIpc) is 3.18. The van der Waals surface area contributed by atoms with Crippen molar-refractivity contribution < 1.29 is 9.90 Å². The molecule has 19 heavy (non-hydrogen) atoms. The van der Waals surface area contributed by atoms with Gasteiger partial charge in [-0.05, 0) is 37.0 Å². The van der Waals surface area contributed by atoms with Crippen LogP contribution in [0.25, 0.3) is 0 Å². The van der Waals surface area contributed by atoms with Crippen LogP contribution in [0, 0.1) is 0 Å². The quantitative estimate of drug-likeness (QED) is 0.818. The Hall–Kier alpha value is -1.46. The number of β-amino-alcohol motifs (C(OH)–C–C–N with tert-alkyl or cyclic N) is 1. The number of aliphatic hydroxyl groups is 1. The van der Waals surface area contributed by atoms with Crippen molar-refractivity contribution in [1.29, 1.82) is 0 Å². The normalized spacial score (nSPS) is 26.4. The number of hydrogen-bond donors (Lipinski definition) is 2. The van der Waals surface area contributed by atoms with Crippen LogP contribution >= 0.6 is 0 Å². The lowest BCUT2D eigenvalue weighted by molar-refractivity contribution is -0.134. The first-order valence-corrected chi connectivity index (χ1v) is 6.85. The van der Waals surface area contributed by atoms with Gasteiger partial charge >= 0.3 is 0 Å². The first kappa shape index (κ1) is 12.6. The zero-order valence-corrected chi connectivity index (χ0v) is 10.8. The number of carbonyl (C=O) groups excluding carboxylic acids is 1. The maximum absolute atomic E-state index is 12.5. The molecule has 2 atom stereocenters. The maximum atomic E-state index is 12.5. The lowest BCUT2D eigenvalue weighted by Gasteiger charge is -2.25. The second-order valence-electron chi connectivity index (χ2n) is 5.40. The Balaban J connectivity index is 1.69. The van der Waals surface area contributed by atoms with Crippen molar-refractivity contribution in [1.82, 2.24) is 15.2 Å². The summed E-state index contributed by atoms with van der Waals surface area (Å²) in [7, 11) is 0. The molecule has 0 aromatic carbocycles. The molecule has 2 fully saturated rings. The molecule has 0 bridgehead atoms. The van der Waals surface area contributed by atoms with Gasteiger partial charge in [-0.25, -0.2) is 0 Å². The first-order valence-electron chi connectivity index (χ1n) is 6.85. The third kappa shape index (κ3) is 2.93. The largest absolute Gasteiger partial charge is 0.392 e. The highest BCUT2D eigenvalue weighted by Crippen LogP contribution is 2.29. The summed E-state index contributed by atoms with van der Waals surface area (Å²) in [5, 5.41) is 12.6. The molecule has 1 aromatic heterocycles. The number of amides is 1. The molecular formula is C14H19N3O2. The zero-order valence-electron chi connectivity index (χ0n) is 10.8. The molecule has 0 radical (unpaired) electrons. The molecule has 1 aromatic rings. The second kappa shape index (κ2) is 5.27. The van der Waals surface area contributed by atoms with E-state index in [4.69, 9.17) is 0 Å². The summed E-state index contributed by atoms with van der Waals surface area (Å²) in [5.74, 6) is 0.121. The predicted molar refractivity (Wildman–Crippen MR) is 70.2 cm³/mol. The molecule has 5 heteroatoms. The third-order valence-electron chi connectivity index (χ3n) is 3.78. The van der Waals surface area contributed by atoms with Crippen molar-refractivity contribution >= 4 is 5.91 Å². The van der Waals surface area contributed by atoms with E-state index in [9.17, 15) is 9.90 Å². The number of nitrogens with one attached hydrogen (secondary N) is 1. The van der Waals surface area contributed by atoms with Crippen molar-refractivity contribution in [3.63, 3.8) is 0 Å². The number of aromatic nitrogens is 1. The Morgan fingerprint density at radius 1 is 1.42 bits per heavy atom. The van der Waals surface area contributed by atoms with Gasteiger partial charge in [-0.3, -0.25) is 9.78 Å². The van der Waals surface area contributed by atoms with Crippen LogP contribution in [0.2, 0.25) is 0 Å².